The maximum atomic E-state index is 5.01. The van der Waals surface area contributed by atoms with Crippen molar-refractivity contribution >= 4 is 6.08 Å². The molecule has 0 saturated carbocycles. The number of hydrogen-bond acceptors (Lipinski definition) is 1. The van der Waals surface area contributed by atoms with Crippen molar-refractivity contribution in [2.45, 2.75) is 0 Å². The summed E-state index contributed by atoms with van der Waals surface area (Å²) in [7, 11) is 1.62. The molecule has 0 spiro atoms. The molecule has 0 aliphatic heterocycles. The second kappa shape index (κ2) is 3.06. The van der Waals surface area contributed by atoms with E-state index >= 15 is 0 Å². The third-order valence-electron chi connectivity index (χ3n) is 1.27. The Morgan fingerprint density at radius 2 is 2.50 bits per heavy atom. The summed E-state index contributed by atoms with van der Waals surface area (Å²) in [4.78, 5) is 0. The predicted molar refractivity (Wildman–Crippen MR) is 41.9 cm³/mol. The molecule has 10 heavy (non-hydrogen) atoms. The lowest BCUT2D eigenvalue weighted by Gasteiger charge is -2.00. The summed E-state index contributed by atoms with van der Waals surface area (Å²) in [6.45, 7) is 3.64. The highest BCUT2D eigenvalue weighted by Crippen LogP contribution is 2.16. The molecule has 0 fully saturated rings. The molecule has 1 rings (SSSR count). The first kappa shape index (κ1) is 6.87. The predicted octanol–water partition coefficient (Wildman–Crippen LogP) is 2.14. The Morgan fingerprint density at radius 3 is 3.00 bits per heavy atom. The number of methoxy groups -OCH3 is 1. The minimum Gasteiger partial charge on any atom is -0.495 e. The topological polar surface area (TPSA) is 9.23 Å². The van der Waals surface area contributed by atoms with Crippen LogP contribution >= 0.6 is 0 Å². The summed E-state index contributed by atoms with van der Waals surface area (Å²) in [5, 5.41) is 0. The molecule has 1 aromatic rings. The molecule has 0 bridgehead atoms. The second-order valence-corrected chi connectivity index (χ2v) is 1.86. The Morgan fingerprint density at radius 1 is 1.70 bits per heavy atom. The van der Waals surface area contributed by atoms with Crippen molar-refractivity contribution in [1.82, 2.24) is 0 Å². The molecule has 1 nitrogen and oxygen atoms in total. The van der Waals surface area contributed by atoms with Crippen LogP contribution in [0.15, 0.2) is 24.8 Å². The smallest absolute Gasteiger partial charge is 0.134 e. The van der Waals surface area contributed by atoms with Crippen LogP contribution in [-0.4, -0.2) is 7.11 Å². The summed E-state index contributed by atoms with van der Waals surface area (Å²) in [6, 6.07) is 8.59. The number of hydrogen-bond donors (Lipinski definition) is 0. The maximum Gasteiger partial charge on any atom is 0.134 e. The van der Waals surface area contributed by atoms with Crippen molar-refractivity contribution in [3.8, 4) is 5.75 Å². The van der Waals surface area contributed by atoms with Gasteiger partial charge in [0, 0.05) is 11.6 Å². The Bertz CT molecular complexity index is 228. The Balaban J connectivity index is 3.08. The van der Waals surface area contributed by atoms with Gasteiger partial charge in [0.1, 0.15) is 5.75 Å². The second-order valence-electron chi connectivity index (χ2n) is 1.86. The van der Waals surface area contributed by atoms with Crippen LogP contribution in [0.2, 0.25) is 0 Å². The van der Waals surface area contributed by atoms with Gasteiger partial charge >= 0.3 is 0 Å². The molecule has 0 N–H and O–H groups in total. The van der Waals surface area contributed by atoms with E-state index in [1.54, 1.807) is 13.2 Å². The van der Waals surface area contributed by atoms with E-state index in [2.05, 4.69) is 12.6 Å². The van der Waals surface area contributed by atoms with E-state index in [0.717, 1.165) is 11.3 Å². The molecule has 0 atom stereocenters. The molecule has 0 aromatic heterocycles. The molecule has 1 aromatic carbocycles. The molecule has 0 aliphatic rings. The number of rotatable bonds is 2. The van der Waals surface area contributed by atoms with Gasteiger partial charge in [-0.2, -0.15) is 0 Å². The van der Waals surface area contributed by atoms with Crippen LogP contribution in [0, 0.1) is 6.07 Å². The molecule has 51 valence electrons. The first-order valence-corrected chi connectivity index (χ1v) is 3.05. The van der Waals surface area contributed by atoms with E-state index in [1.165, 1.54) is 0 Å². The quantitative estimate of drug-likeness (QED) is 0.600. The van der Waals surface area contributed by atoms with Crippen LogP contribution in [0.5, 0.6) is 5.75 Å². The van der Waals surface area contributed by atoms with Crippen molar-refractivity contribution in [1.29, 1.82) is 0 Å². The minimum atomic E-state index is 0.748. The van der Waals surface area contributed by atoms with Gasteiger partial charge in [0.2, 0.25) is 0 Å². The summed E-state index contributed by atoms with van der Waals surface area (Å²) in [6.07, 6.45) is 1.75. The largest absolute Gasteiger partial charge is 0.495 e. The van der Waals surface area contributed by atoms with Crippen molar-refractivity contribution in [3.63, 3.8) is 0 Å². The van der Waals surface area contributed by atoms with E-state index in [-0.39, 0.29) is 0 Å². The van der Waals surface area contributed by atoms with Crippen LogP contribution in [0.3, 0.4) is 0 Å². The lowest BCUT2D eigenvalue weighted by atomic mass is 10.2. The van der Waals surface area contributed by atoms with Crippen LogP contribution in [-0.2, 0) is 0 Å². The van der Waals surface area contributed by atoms with Gasteiger partial charge < -0.3 is 4.74 Å². The van der Waals surface area contributed by atoms with Crippen LogP contribution in [0.1, 0.15) is 5.56 Å². The number of para-hydroxylation sites is 1. The summed E-state index contributed by atoms with van der Waals surface area (Å²) < 4.78 is 5.01. The fourth-order valence-electron chi connectivity index (χ4n) is 0.772. The lowest BCUT2D eigenvalue weighted by molar-refractivity contribution is 0.413. The molecule has 1 heteroatoms. The van der Waals surface area contributed by atoms with Gasteiger partial charge in [-0.1, -0.05) is 30.9 Å². The molecule has 0 amide bonds. The van der Waals surface area contributed by atoms with Crippen LogP contribution in [0.25, 0.3) is 6.08 Å². The molecular formula is C9H9O. The van der Waals surface area contributed by atoms with Gasteiger partial charge in [0.05, 0.1) is 7.11 Å². The monoisotopic (exact) mass is 133 g/mol. The van der Waals surface area contributed by atoms with E-state index < -0.39 is 0 Å². The minimum absolute atomic E-state index is 0.748. The zero-order valence-corrected chi connectivity index (χ0v) is 5.92. The van der Waals surface area contributed by atoms with Crippen molar-refractivity contribution in [2.75, 3.05) is 7.11 Å². The Labute approximate surface area is 61.0 Å². The normalized spacial score (nSPS) is 8.90. The summed E-state index contributed by atoms with van der Waals surface area (Å²) in [5.41, 5.74) is 0.977. The van der Waals surface area contributed by atoms with Gasteiger partial charge in [-0.15, -0.1) is 0 Å². The first-order valence-electron chi connectivity index (χ1n) is 3.05. The fraction of sp³-hybridized carbons (Fsp3) is 0.111. The SMILES string of the molecule is C=Cc1ccc[c]c1OC. The van der Waals surface area contributed by atoms with Gasteiger partial charge in [-0.3, -0.25) is 0 Å². The third kappa shape index (κ3) is 1.18. The summed E-state index contributed by atoms with van der Waals surface area (Å²) in [5.74, 6) is 0.748. The average Bonchev–Trinajstić information content (AvgIpc) is 2.04. The highest BCUT2D eigenvalue weighted by molar-refractivity contribution is 5.54. The highest BCUT2D eigenvalue weighted by atomic mass is 16.5. The maximum absolute atomic E-state index is 5.01. The van der Waals surface area contributed by atoms with Crippen molar-refractivity contribution in [2.24, 2.45) is 0 Å². The fourth-order valence-corrected chi connectivity index (χ4v) is 0.772. The lowest BCUT2D eigenvalue weighted by Crippen LogP contribution is -1.84. The van der Waals surface area contributed by atoms with Crippen LogP contribution < -0.4 is 4.74 Å². The van der Waals surface area contributed by atoms with Gasteiger partial charge in [-0.05, 0) is 0 Å². The Hall–Kier alpha value is -1.24. The molecular weight excluding hydrogens is 124 g/mol. The van der Waals surface area contributed by atoms with Gasteiger partial charge in [0.15, 0.2) is 0 Å². The first-order chi connectivity index (χ1) is 4.88. The van der Waals surface area contributed by atoms with E-state index in [0.29, 0.717) is 0 Å². The van der Waals surface area contributed by atoms with Gasteiger partial charge in [-0.25, -0.2) is 0 Å². The molecule has 0 heterocycles. The molecule has 1 radical (unpaired) electrons. The third-order valence-corrected chi connectivity index (χ3v) is 1.27. The summed E-state index contributed by atoms with van der Waals surface area (Å²) >= 11 is 0. The Kier molecular flexibility index (Phi) is 2.11. The van der Waals surface area contributed by atoms with Crippen LogP contribution in [0.4, 0.5) is 0 Å². The van der Waals surface area contributed by atoms with E-state index in [1.807, 2.05) is 18.2 Å². The highest BCUT2D eigenvalue weighted by Gasteiger charge is 1.94. The molecule has 0 unspecified atom stereocenters. The average molecular weight is 133 g/mol. The zero-order valence-electron chi connectivity index (χ0n) is 5.92. The zero-order chi connectivity index (χ0) is 7.40. The number of ether oxygens (including phenoxy) is 1. The van der Waals surface area contributed by atoms with E-state index in [4.69, 9.17) is 4.74 Å². The van der Waals surface area contributed by atoms with Gasteiger partial charge in [0.25, 0.3) is 0 Å². The standard InChI is InChI=1S/C9H9O/c1-3-8-6-4-5-7-9(8)10-2/h3-6H,1H2,2H3. The molecule has 0 saturated heterocycles. The molecule has 0 aliphatic carbocycles. The van der Waals surface area contributed by atoms with Crippen molar-refractivity contribution < 1.29 is 4.74 Å². The number of benzene rings is 1. The van der Waals surface area contributed by atoms with E-state index in [9.17, 15) is 0 Å². The van der Waals surface area contributed by atoms with Crippen molar-refractivity contribution in [3.05, 3.63) is 36.4 Å².